The number of hydrogen-bond acceptors (Lipinski definition) is 3. The summed E-state index contributed by atoms with van der Waals surface area (Å²) >= 11 is 1.47. The summed E-state index contributed by atoms with van der Waals surface area (Å²) in [6.45, 7) is 1.85. The molecule has 1 unspecified atom stereocenters. The van der Waals surface area contributed by atoms with Crippen LogP contribution in [-0.4, -0.2) is 4.98 Å². The van der Waals surface area contributed by atoms with E-state index in [0.717, 1.165) is 11.1 Å². The molecule has 0 saturated carbocycles. The van der Waals surface area contributed by atoms with Gasteiger partial charge in [0, 0.05) is 11.6 Å². The molecule has 0 aliphatic carbocycles. The Morgan fingerprint density at radius 3 is 2.88 bits per heavy atom. The van der Waals surface area contributed by atoms with Gasteiger partial charge in [-0.15, -0.1) is 11.3 Å². The molecule has 0 fully saturated rings. The van der Waals surface area contributed by atoms with E-state index in [9.17, 15) is 8.78 Å². The minimum Gasteiger partial charge on any atom is -0.374 e. The summed E-state index contributed by atoms with van der Waals surface area (Å²) in [4.78, 5) is 4.10. The molecule has 0 bridgehead atoms. The zero-order chi connectivity index (χ0) is 11.5. The lowest BCUT2D eigenvalue weighted by atomic mass is 10.2. The molecule has 2 aromatic rings. The first-order valence-corrected chi connectivity index (χ1v) is 5.66. The highest BCUT2D eigenvalue weighted by atomic mass is 32.1. The first-order chi connectivity index (χ1) is 7.68. The highest BCUT2D eigenvalue weighted by molar-refractivity contribution is 7.09. The van der Waals surface area contributed by atoms with Crippen molar-refractivity contribution in [2.24, 2.45) is 0 Å². The fourth-order valence-corrected chi connectivity index (χ4v) is 2.00. The molecule has 1 aromatic carbocycles. The quantitative estimate of drug-likeness (QED) is 0.886. The first kappa shape index (κ1) is 11.0. The average molecular weight is 240 g/mol. The number of thiazole rings is 1. The van der Waals surface area contributed by atoms with E-state index in [-0.39, 0.29) is 11.7 Å². The highest BCUT2D eigenvalue weighted by Gasteiger charge is 2.12. The van der Waals surface area contributed by atoms with Crippen molar-refractivity contribution in [2.45, 2.75) is 13.0 Å². The molecule has 0 amide bonds. The summed E-state index contributed by atoms with van der Waals surface area (Å²) in [5.41, 5.74) is 0.155. The third-order valence-electron chi connectivity index (χ3n) is 2.15. The zero-order valence-electron chi connectivity index (χ0n) is 8.58. The molecule has 1 atom stereocenters. The predicted octanol–water partition coefficient (Wildman–Crippen LogP) is 3.59. The second-order valence-corrected chi connectivity index (χ2v) is 4.26. The summed E-state index contributed by atoms with van der Waals surface area (Å²) in [7, 11) is 0. The van der Waals surface area contributed by atoms with Crippen LogP contribution in [0.4, 0.5) is 14.5 Å². The fraction of sp³-hybridized carbons (Fsp3) is 0.182. The first-order valence-electron chi connectivity index (χ1n) is 4.78. The SMILES string of the molecule is CC(Nc1cccc(F)c1F)c1nccs1. The number of benzene rings is 1. The van der Waals surface area contributed by atoms with Crippen LogP contribution < -0.4 is 5.32 Å². The van der Waals surface area contributed by atoms with E-state index in [0.29, 0.717) is 0 Å². The van der Waals surface area contributed by atoms with E-state index in [1.165, 1.54) is 23.5 Å². The van der Waals surface area contributed by atoms with Crippen LogP contribution >= 0.6 is 11.3 Å². The van der Waals surface area contributed by atoms with E-state index >= 15 is 0 Å². The topological polar surface area (TPSA) is 24.9 Å². The van der Waals surface area contributed by atoms with Gasteiger partial charge < -0.3 is 5.32 Å². The van der Waals surface area contributed by atoms with Crippen molar-refractivity contribution in [1.29, 1.82) is 0 Å². The molecule has 0 aliphatic heterocycles. The number of anilines is 1. The third-order valence-corrected chi connectivity index (χ3v) is 3.10. The summed E-state index contributed by atoms with van der Waals surface area (Å²) in [5, 5.41) is 5.57. The molecule has 0 radical (unpaired) electrons. The van der Waals surface area contributed by atoms with E-state index in [2.05, 4.69) is 10.3 Å². The second kappa shape index (κ2) is 4.57. The molecule has 5 heteroatoms. The number of hydrogen-bond donors (Lipinski definition) is 1. The summed E-state index contributed by atoms with van der Waals surface area (Å²) in [5.74, 6) is -1.71. The Morgan fingerprint density at radius 1 is 1.38 bits per heavy atom. The smallest absolute Gasteiger partial charge is 0.181 e. The minimum atomic E-state index is -0.856. The van der Waals surface area contributed by atoms with Crippen molar-refractivity contribution in [3.05, 3.63) is 46.4 Å². The van der Waals surface area contributed by atoms with Gasteiger partial charge in [-0.1, -0.05) is 6.07 Å². The van der Waals surface area contributed by atoms with Gasteiger partial charge in [-0.2, -0.15) is 0 Å². The van der Waals surface area contributed by atoms with Crippen molar-refractivity contribution < 1.29 is 8.78 Å². The maximum absolute atomic E-state index is 13.3. The lowest BCUT2D eigenvalue weighted by molar-refractivity contribution is 0.510. The summed E-state index contributed by atoms with van der Waals surface area (Å²) in [6, 6.07) is 3.92. The molecule has 1 N–H and O–H groups in total. The Labute approximate surface area is 96.0 Å². The molecule has 1 aromatic heterocycles. The molecule has 84 valence electrons. The van der Waals surface area contributed by atoms with Crippen molar-refractivity contribution in [2.75, 3.05) is 5.32 Å². The number of halogens is 2. The lowest BCUT2D eigenvalue weighted by Crippen LogP contribution is -2.08. The van der Waals surface area contributed by atoms with Crippen LogP contribution in [0.3, 0.4) is 0 Å². The van der Waals surface area contributed by atoms with Crippen LogP contribution in [0, 0.1) is 11.6 Å². The monoisotopic (exact) mass is 240 g/mol. The van der Waals surface area contributed by atoms with Crippen molar-refractivity contribution >= 4 is 17.0 Å². The Kier molecular flexibility index (Phi) is 3.14. The summed E-state index contributed by atoms with van der Waals surface area (Å²) in [6.07, 6.45) is 1.68. The Balaban J connectivity index is 2.18. The van der Waals surface area contributed by atoms with Gasteiger partial charge in [-0.05, 0) is 19.1 Å². The maximum Gasteiger partial charge on any atom is 0.181 e. The van der Waals surface area contributed by atoms with Gasteiger partial charge in [0.25, 0.3) is 0 Å². The number of nitrogens with one attached hydrogen (secondary N) is 1. The number of aromatic nitrogens is 1. The molecule has 0 aliphatic rings. The van der Waals surface area contributed by atoms with Crippen LogP contribution in [0.2, 0.25) is 0 Å². The molecule has 16 heavy (non-hydrogen) atoms. The van der Waals surface area contributed by atoms with Crippen LogP contribution in [-0.2, 0) is 0 Å². The van der Waals surface area contributed by atoms with E-state index in [1.807, 2.05) is 12.3 Å². The van der Waals surface area contributed by atoms with E-state index in [1.54, 1.807) is 6.20 Å². The minimum absolute atomic E-state index is 0.142. The molecule has 2 rings (SSSR count). The Hall–Kier alpha value is -1.49. The fourth-order valence-electron chi connectivity index (χ4n) is 1.36. The van der Waals surface area contributed by atoms with Crippen LogP contribution in [0.25, 0.3) is 0 Å². The molecular formula is C11H10F2N2S. The van der Waals surface area contributed by atoms with Crippen LogP contribution in [0.15, 0.2) is 29.8 Å². The van der Waals surface area contributed by atoms with E-state index < -0.39 is 11.6 Å². The molecule has 2 nitrogen and oxygen atoms in total. The van der Waals surface area contributed by atoms with Gasteiger partial charge in [0.15, 0.2) is 11.6 Å². The van der Waals surface area contributed by atoms with Crippen molar-refractivity contribution in [1.82, 2.24) is 4.98 Å². The van der Waals surface area contributed by atoms with Gasteiger partial charge in [0.05, 0.1) is 11.7 Å². The second-order valence-electron chi connectivity index (χ2n) is 3.34. The zero-order valence-corrected chi connectivity index (χ0v) is 9.39. The molecule has 1 heterocycles. The van der Waals surface area contributed by atoms with E-state index in [4.69, 9.17) is 0 Å². The molecule has 0 saturated heterocycles. The van der Waals surface area contributed by atoms with Gasteiger partial charge in [-0.25, -0.2) is 13.8 Å². The third kappa shape index (κ3) is 2.19. The molecule has 0 spiro atoms. The van der Waals surface area contributed by atoms with Crippen LogP contribution in [0.1, 0.15) is 18.0 Å². The largest absolute Gasteiger partial charge is 0.374 e. The summed E-state index contributed by atoms with van der Waals surface area (Å²) < 4.78 is 26.3. The van der Waals surface area contributed by atoms with Gasteiger partial charge in [0.2, 0.25) is 0 Å². The Morgan fingerprint density at radius 2 is 2.19 bits per heavy atom. The molecular weight excluding hydrogens is 230 g/mol. The number of rotatable bonds is 3. The lowest BCUT2D eigenvalue weighted by Gasteiger charge is -2.13. The maximum atomic E-state index is 13.3. The normalized spacial score (nSPS) is 12.4. The van der Waals surface area contributed by atoms with Crippen LogP contribution in [0.5, 0.6) is 0 Å². The van der Waals surface area contributed by atoms with Crippen molar-refractivity contribution in [3.8, 4) is 0 Å². The van der Waals surface area contributed by atoms with Gasteiger partial charge in [0.1, 0.15) is 5.01 Å². The Bertz CT molecular complexity index is 471. The predicted molar refractivity (Wildman–Crippen MR) is 60.5 cm³/mol. The van der Waals surface area contributed by atoms with Crippen molar-refractivity contribution in [3.63, 3.8) is 0 Å². The van der Waals surface area contributed by atoms with Gasteiger partial charge >= 0.3 is 0 Å². The standard InChI is InChI=1S/C11H10F2N2S/c1-7(11-14-5-6-16-11)15-9-4-2-3-8(12)10(9)13/h2-7,15H,1H3. The highest BCUT2D eigenvalue weighted by Crippen LogP contribution is 2.23. The number of nitrogens with zero attached hydrogens (tertiary/aromatic N) is 1. The van der Waals surface area contributed by atoms with Gasteiger partial charge in [-0.3, -0.25) is 0 Å². The average Bonchev–Trinajstić information content (AvgIpc) is 2.78.